The summed E-state index contributed by atoms with van der Waals surface area (Å²) in [5, 5.41) is 3.61. The molecule has 0 radical (unpaired) electrons. The first kappa shape index (κ1) is 10.8. The molecule has 5 heteroatoms. The highest BCUT2D eigenvalue weighted by Crippen LogP contribution is 2.19. The minimum absolute atomic E-state index is 0.220. The van der Waals surface area contributed by atoms with Crippen LogP contribution in [0.25, 0.3) is 10.9 Å². The number of alkyl carbamates (subject to hydrolysis) is 1. The van der Waals surface area contributed by atoms with Crippen LogP contribution in [0.3, 0.4) is 0 Å². The van der Waals surface area contributed by atoms with Gasteiger partial charge in [0.25, 0.3) is 0 Å². The lowest BCUT2D eigenvalue weighted by atomic mass is 10.2. The van der Waals surface area contributed by atoms with Crippen LogP contribution in [0.5, 0.6) is 5.75 Å². The Morgan fingerprint density at radius 1 is 1.44 bits per heavy atom. The van der Waals surface area contributed by atoms with E-state index in [1.807, 2.05) is 30.3 Å². The number of carbonyl (C=O) groups is 1. The van der Waals surface area contributed by atoms with Crippen molar-refractivity contribution in [1.82, 2.24) is 10.3 Å². The maximum absolute atomic E-state index is 10.8. The smallest absolute Gasteiger partial charge is 0.407 e. The van der Waals surface area contributed by atoms with E-state index < -0.39 is 0 Å². The van der Waals surface area contributed by atoms with Gasteiger partial charge >= 0.3 is 6.09 Å². The van der Waals surface area contributed by atoms with Crippen molar-refractivity contribution in [2.75, 3.05) is 13.2 Å². The number of fused-ring (bicyclic) bond motifs is 1. The summed E-state index contributed by atoms with van der Waals surface area (Å²) in [6.07, 6.45) is 1.15. The molecule has 92 valence electrons. The van der Waals surface area contributed by atoms with Crippen LogP contribution in [0.1, 0.15) is 0 Å². The van der Waals surface area contributed by atoms with Gasteiger partial charge < -0.3 is 14.8 Å². The molecule has 18 heavy (non-hydrogen) atoms. The summed E-state index contributed by atoms with van der Waals surface area (Å²) in [6, 6.07) is 9.55. The average Bonchev–Trinajstić information content (AvgIpc) is 2.82. The summed E-state index contributed by atoms with van der Waals surface area (Å²) >= 11 is 0. The number of amides is 1. The van der Waals surface area contributed by atoms with Gasteiger partial charge in [-0.3, -0.25) is 4.98 Å². The second kappa shape index (κ2) is 4.52. The van der Waals surface area contributed by atoms with Crippen molar-refractivity contribution < 1.29 is 14.3 Å². The number of ether oxygens (including phenoxy) is 2. The number of nitrogens with zero attached hydrogens (tertiary/aromatic N) is 1. The molecule has 0 aliphatic carbocycles. The minimum Gasteiger partial charge on any atom is -0.490 e. The Hall–Kier alpha value is -2.30. The highest BCUT2D eigenvalue weighted by molar-refractivity contribution is 5.79. The predicted molar refractivity (Wildman–Crippen MR) is 65.5 cm³/mol. The molecule has 1 aliphatic heterocycles. The molecule has 1 aliphatic rings. The fourth-order valence-corrected chi connectivity index (χ4v) is 1.86. The van der Waals surface area contributed by atoms with Crippen molar-refractivity contribution in [2.45, 2.75) is 6.10 Å². The second-order valence-corrected chi connectivity index (χ2v) is 4.08. The quantitative estimate of drug-likeness (QED) is 0.893. The first-order valence-electron chi connectivity index (χ1n) is 5.73. The summed E-state index contributed by atoms with van der Waals surface area (Å²) in [5.74, 6) is 0.749. The van der Waals surface area contributed by atoms with Gasteiger partial charge in [0, 0.05) is 11.6 Å². The molecule has 0 spiro atoms. The van der Waals surface area contributed by atoms with E-state index in [0.29, 0.717) is 13.2 Å². The van der Waals surface area contributed by atoms with E-state index in [1.54, 1.807) is 6.20 Å². The van der Waals surface area contributed by atoms with E-state index in [0.717, 1.165) is 16.7 Å². The lowest BCUT2D eigenvalue weighted by Gasteiger charge is -2.10. The zero-order chi connectivity index (χ0) is 12.4. The van der Waals surface area contributed by atoms with Gasteiger partial charge in [0.2, 0.25) is 0 Å². The molecule has 1 amide bonds. The van der Waals surface area contributed by atoms with Crippen LogP contribution in [-0.4, -0.2) is 30.3 Å². The van der Waals surface area contributed by atoms with Crippen molar-refractivity contribution in [1.29, 1.82) is 0 Å². The number of pyridine rings is 1. The maximum Gasteiger partial charge on any atom is 0.407 e. The number of hydrogen-bond acceptors (Lipinski definition) is 4. The fourth-order valence-electron chi connectivity index (χ4n) is 1.86. The highest BCUT2D eigenvalue weighted by Gasteiger charge is 2.22. The van der Waals surface area contributed by atoms with Gasteiger partial charge in [-0.2, -0.15) is 0 Å². The zero-order valence-corrected chi connectivity index (χ0v) is 9.63. The summed E-state index contributed by atoms with van der Waals surface area (Å²) in [5.41, 5.74) is 0.929. The third kappa shape index (κ3) is 2.20. The van der Waals surface area contributed by atoms with Crippen LogP contribution in [-0.2, 0) is 4.74 Å². The van der Waals surface area contributed by atoms with Crippen LogP contribution in [0.15, 0.2) is 36.5 Å². The molecule has 5 nitrogen and oxygen atoms in total. The Kier molecular flexibility index (Phi) is 2.72. The van der Waals surface area contributed by atoms with Crippen molar-refractivity contribution >= 4 is 17.0 Å². The van der Waals surface area contributed by atoms with Crippen LogP contribution >= 0.6 is 0 Å². The maximum atomic E-state index is 10.8. The standard InChI is InChI=1S/C13H12N2O3/c16-13-15-7-11(18-13)8-17-10-3-4-12-9(6-10)2-1-5-14-12/h1-6,11H,7-8H2,(H,15,16). The molecule has 2 heterocycles. The molecule has 1 N–H and O–H groups in total. The Morgan fingerprint density at radius 2 is 2.39 bits per heavy atom. The number of hydrogen-bond donors (Lipinski definition) is 1. The molecular weight excluding hydrogens is 232 g/mol. The third-order valence-corrected chi connectivity index (χ3v) is 2.76. The van der Waals surface area contributed by atoms with E-state index in [1.165, 1.54) is 0 Å². The monoisotopic (exact) mass is 244 g/mol. The van der Waals surface area contributed by atoms with Crippen molar-refractivity contribution in [3.05, 3.63) is 36.5 Å². The van der Waals surface area contributed by atoms with E-state index in [9.17, 15) is 4.79 Å². The van der Waals surface area contributed by atoms with Crippen LogP contribution in [0, 0.1) is 0 Å². The Bertz CT molecular complexity index is 585. The molecular formula is C13H12N2O3. The number of carbonyl (C=O) groups excluding carboxylic acids is 1. The summed E-state index contributed by atoms with van der Waals surface area (Å²) in [7, 11) is 0. The number of cyclic esters (lactones) is 1. The fraction of sp³-hybridized carbons (Fsp3) is 0.231. The lowest BCUT2D eigenvalue weighted by Crippen LogP contribution is -2.21. The predicted octanol–water partition coefficient (Wildman–Crippen LogP) is 1.72. The average molecular weight is 244 g/mol. The Morgan fingerprint density at radius 3 is 3.22 bits per heavy atom. The highest BCUT2D eigenvalue weighted by atomic mass is 16.6. The van der Waals surface area contributed by atoms with Gasteiger partial charge in [-0.25, -0.2) is 4.79 Å². The second-order valence-electron chi connectivity index (χ2n) is 4.08. The zero-order valence-electron chi connectivity index (χ0n) is 9.63. The van der Waals surface area contributed by atoms with E-state index in [2.05, 4.69) is 10.3 Å². The van der Waals surface area contributed by atoms with Crippen molar-refractivity contribution in [3.8, 4) is 5.75 Å². The Labute approximate surface area is 104 Å². The third-order valence-electron chi connectivity index (χ3n) is 2.76. The summed E-state index contributed by atoms with van der Waals surface area (Å²) in [6.45, 7) is 0.846. The largest absolute Gasteiger partial charge is 0.490 e. The lowest BCUT2D eigenvalue weighted by molar-refractivity contribution is 0.105. The van der Waals surface area contributed by atoms with Crippen LogP contribution in [0.4, 0.5) is 4.79 Å². The molecule has 3 rings (SSSR count). The molecule has 1 fully saturated rings. The van der Waals surface area contributed by atoms with Crippen molar-refractivity contribution in [3.63, 3.8) is 0 Å². The van der Waals surface area contributed by atoms with Gasteiger partial charge in [-0.15, -0.1) is 0 Å². The molecule has 0 saturated carbocycles. The van der Waals surface area contributed by atoms with Gasteiger partial charge in [0.05, 0.1) is 12.1 Å². The van der Waals surface area contributed by atoms with Gasteiger partial charge in [-0.05, 0) is 24.3 Å². The SMILES string of the molecule is O=C1NCC(COc2ccc3ncccc3c2)O1. The van der Waals surface area contributed by atoms with E-state index in [4.69, 9.17) is 9.47 Å². The van der Waals surface area contributed by atoms with Crippen LogP contribution < -0.4 is 10.1 Å². The first-order chi connectivity index (χ1) is 8.81. The summed E-state index contributed by atoms with van der Waals surface area (Å²) in [4.78, 5) is 15.1. The Balaban J connectivity index is 1.69. The van der Waals surface area contributed by atoms with Gasteiger partial charge in [-0.1, -0.05) is 6.07 Å². The van der Waals surface area contributed by atoms with Gasteiger partial charge in [0.15, 0.2) is 6.10 Å². The first-order valence-corrected chi connectivity index (χ1v) is 5.73. The molecule has 1 unspecified atom stereocenters. The normalized spacial score (nSPS) is 18.4. The number of rotatable bonds is 3. The molecule has 1 atom stereocenters. The van der Waals surface area contributed by atoms with E-state index in [-0.39, 0.29) is 12.2 Å². The van der Waals surface area contributed by atoms with Crippen molar-refractivity contribution in [2.24, 2.45) is 0 Å². The van der Waals surface area contributed by atoms with Crippen LogP contribution in [0.2, 0.25) is 0 Å². The molecule has 0 bridgehead atoms. The molecule has 1 aromatic carbocycles. The van der Waals surface area contributed by atoms with E-state index >= 15 is 0 Å². The van der Waals surface area contributed by atoms with Gasteiger partial charge in [0.1, 0.15) is 12.4 Å². The number of nitrogens with one attached hydrogen (secondary N) is 1. The number of benzene rings is 1. The molecule has 1 saturated heterocycles. The molecule has 1 aromatic heterocycles. The summed E-state index contributed by atoms with van der Waals surface area (Å²) < 4.78 is 10.6. The minimum atomic E-state index is -0.383. The topological polar surface area (TPSA) is 60.5 Å². The number of aromatic nitrogens is 1. The molecule has 2 aromatic rings.